The second kappa shape index (κ2) is 9.32. The van der Waals surface area contributed by atoms with Crippen molar-refractivity contribution in [2.45, 2.75) is 32.2 Å². The van der Waals surface area contributed by atoms with E-state index in [-0.39, 0.29) is 5.97 Å². The maximum atomic E-state index is 11.5. The summed E-state index contributed by atoms with van der Waals surface area (Å²) in [4.78, 5) is 22.3. The summed E-state index contributed by atoms with van der Waals surface area (Å²) in [6.45, 7) is 4.21. The summed E-state index contributed by atoms with van der Waals surface area (Å²) >= 11 is 0. The number of ether oxygens (including phenoxy) is 1. The minimum Gasteiger partial charge on any atom is -0.468 e. The molecule has 1 aliphatic rings. The second-order valence-corrected chi connectivity index (χ2v) is 6.91. The van der Waals surface area contributed by atoms with Gasteiger partial charge in [0, 0.05) is 24.3 Å². The number of likely N-dealkylation sites (tertiary alicyclic amines) is 1. The van der Waals surface area contributed by atoms with Crippen molar-refractivity contribution >= 4 is 23.3 Å². The standard InChI is InChI=1S/C20H27N5O2/c1-15-5-3-6-17(11-15)24-19-12-18(21-14-22-19)23-16-7-4-9-25(10-8-16)13-20(26)27-2/h3,5-6,11-12,14,16H,4,7-10,13H2,1-2H3,(H2,21,22,23,24). The van der Waals surface area contributed by atoms with Crippen molar-refractivity contribution in [3.05, 3.63) is 42.2 Å². The third-order valence-electron chi connectivity index (χ3n) is 4.71. The number of nitrogens with zero attached hydrogens (tertiary/aromatic N) is 3. The molecule has 0 amide bonds. The fraction of sp³-hybridized carbons (Fsp3) is 0.450. The molecule has 1 atom stereocenters. The highest BCUT2D eigenvalue weighted by Gasteiger charge is 2.19. The number of aromatic nitrogens is 2. The van der Waals surface area contributed by atoms with E-state index < -0.39 is 0 Å². The molecule has 2 heterocycles. The summed E-state index contributed by atoms with van der Waals surface area (Å²) in [5.41, 5.74) is 2.20. The molecule has 1 fully saturated rings. The molecular formula is C20H27N5O2. The van der Waals surface area contributed by atoms with Crippen LogP contribution < -0.4 is 10.6 Å². The molecule has 27 heavy (non-hydrogen) atoms. The van der Waals surface area contributed by atoms with Crippen LogP contribution in [-0.4, -0.2) is 53.6 Å². The summed E-state index contributed by atoms with van der Waals surface area (Å²) in [5.74, 6) is 1.40. The second-order valence-electron chi connectivity index (χ2n) is 6.91. The fourth-order valence-electron chi connectivity index (χ4n) is 3.29. The number of hydrogen-bond donors (Lipinski definition) is 2. The van der Waals surface area contributed by atoms with Gasteiger partial charge in [-0.1, -0.05) is 12.1 Å². The first-order valence-electron chi connectivity index (χ1n) is 9.34. The predicted molar refractivity (Wildman–Crippen MR) is 106 cm³/mol. The van der Waals surface area contributed by atoms with Crippen molar-refractivity contribution in [1.29, 1.82) is 0 Å². The van der Waals surface area contributed by atoms with Crippen LogP contribution in [0.1, 0.15) is 24.8 Å². The molecule has 1 unspecified atom stereocenters. The van der Waals surface area contributed by atoms with Crippen LogP contribution in [0.4, 0.5) is 17.3 Å². The highest BCUT2D eigenvalue weighted by atomic mass is 16.5. The Bertz CT molecular complexity index is 768. The van der Waals surface area contributed by atoms with E-state index >= 15 is 0 Å². The lowest BCUT2D eigenvalue weighted by atomic mass is 10.1. The summed E-state index contributed by atoms with van der Waals surface area (Å²) < 4.78 is 4.77. The zero-order valence-electron chi connectivity index (χ0n) is 15.9. The Morgan fingerprint density at radius 1 is 1.22 bits per heavy atom. The summed E-state index contributed by atoms with van der Waals surface area (Å²) in [6, 6.07) is 10.4. The summed E-state index contributed by atoms with van der Waals surface area (Å²) in [6.07, 6.45) is 4.61. The van der Waals surface area contributed by atoms with Crippen molar-refractivity contribution in [2.75, 3.05) is 37.4 Å². The predicted octanol–water partition coefficient (Wildman–Crippen LogP) is 2.97. The molecule has 0 aliphatic carbocycles. The first kappa shape index (κ1) is 19.1. The molecular weight excluding hydrogens is 342 g/mol. The van der Waals surface area contributed by atoms with E-state index in [1.165, 1.54) is 12.7 Å². The van der Waals surface area contributed by atoms with Crippen LogP contribution in [0, 0.1) is 6.92 Å². The van der Waals surface area contributed by atoms with E-state index in [1.54, 1.807) is 6.33 Å². The molecule has 7 heteroatoms. The molecule has 1 aromatic heterocycles. The van der Waals surface area contributed by atoms with Crippen molar-refractivity contribution in [1.82, 2.24) is 14.9 Å². The monoisotopic (exact) mass is 369 g/mol. The van der Waals surface area contributed by atoms with E-state index in [4.69, 9.17) is 4.74 Å². The maximum absolute atomic E-state index is 11.5. The number of rotatable bonds is 6. The van der Waals surface area contributed by atoms with Gasteiger partial charge in [0.25, 0.3) is 0 Å². The van der Waals surface area contributed by atoms with E-state index in [1.807, 2.05) is 18.2 Å². The van der Waals surface area contributed by atoms with Gasteiger partial charge < -0.3 is 15.4 Å². The Morgan fingerprint density at radius 2 is 2.07 bits per heavy atom. The quantitative estimate of drug-likeness (QED) is 0.758. The van der Waals surface area contributed by atoms with Crippen LogP contribution >= 0.6 is 0 Å². The first-order valence-corrected chi connectivity index (χ1v) is 9.34. The zero-order chi connectivity index (χ0) is 19.1. The SMILES string of the molecule is COC(=O)CN1CCCC(Nc2cc(Nc3cccc(C)c3)ncn2)CC1. The van der Waals surface area contributed by atoms with Crippen LogP contribution in [0.5, 0.6) is 0 Å². The Morgan fingerprint density at radius 3 is 2.89 bits per heavy atom. The lowest BCUT2D eigenvalue weighted by Crippen LogP contribution is -2.32. The lowest BCUT2D eigenvalue weighted by molar-refractivity contribution is -0.141. The number of benzene rings is 1. The maximum Gasteiger partial charge on any atom is 0.319 e. The van der Waals surface area contributed by atoms with Gasteiger partial charge in [-0.3, -0.25) is 9.69 Å². The first-order chi connectivity index (χ1) is 13.1. The smallest absolute Gasteiger partial charge is 0.319 e. The van der Waals surface area contributed by atoms with Crippen molar-refractivity contribution in [3.63, 3.8) is 0 Å². The third kappa shape index (κ3) is 5.92. The third-order valence-corrected chi connectivity index (χ3v) is 4.71. The average Bonchev–Trinajstić information content (AvgIpc) is 2.87. The molecule has 3 rings (SSSR count). The van der Waals surface area contributed by atoms with Crippen molar-refractivity contribution < 1.29 is 9.53 Å². The van der Waals surface area contributed by atoms with Crippen molar-refractivity contribution in [2.24, 2.45) is 0 Å². The number of esters is 1. The highest BCUT2D eigenvalue weighted by Crippen LogP contribution is 2.20. The molecule has 1 aliphatic heterocycles. The van der Waals surface area contributed by atoms with Crippen LogP contribution in [0.3, 0.4) is 0 Å². The van der Waals surface area contributed by atoms with Gasteiger partial charge >= 0.3 is 5.97 Å². The molecule has 1 aromatic carbocycles. The molecule has 7 nitrogen and oxygen atoms in total. The topological polar surface area (TPSA) is 79.4 Å². The molecule has 1 saturated heterocycles. The van der Waals surface area contributed by atoms with E-state index in [0.717, 1.165) is 49.7 Å². The average molecular weight is 369 g/mol. The number of nitrogens with one attached hydrogen (secondary N) is 2. The van der Waals surface area contributed by atoms with Crippen LogP contribution in [0.15, 0.2) is 36.7 Å². The normalized spacial score (nSPS) is 17.8. The lowest BCUT2D eigenvalue weighted by Gasteiger charge is -2.19. The van der Waals surface area contributed by atoms with Gasteiger partial charge in [-0.2, -0.15) is 0 Å². The van der Waals surface area contributed by atoms with Gasteiger partial charge in [-0.25, -0.2) is 9.97 Å². The molecule has 0 spiro atoms. The Kier molecular flexibility index (Phi) is 6.59. The molecule has 0 bridgehead atoms. The van der Waals surface area contributed by atoms with Gasteiger partial charge in [-0.15, -0.1) is 0 Å². The number of methoxy groups -OCH3 is 1. The minimum absolute atomic E-state index is 0.177. The van der Waals surface area contributed by atoms with Crippen LogP contribution in [0.25, 0.3) is 0 Å². The van der Waals surface area contributed by atoms with Gasteiger partial charge in [0.2, 0.25) is 0 Å². The van der Waals surface area contributed by atoms with Crippen molar-refractivity contribution in [3.8, 4) is 0 Å². The van der Waals surface area contributed by atoms with Crippen LogP contribution in [-0.2, 0) is 9.53 Å². The Hall–Kier alpha value is -2.67. The van der Waals surface area contributed by atoms with Crippen LogP contribution in [0.2, 0.25) is 0 Å². The number of aryl methyl sites for hydroxylation is 1. The molecule has 0 saturated carbocycles. The summed E-state index contributed by atoms with van der Waals surface area (Å²) in [7, 11) is 1.43. The molecule has 144 valence electrons. The number of hydrogen-bond acceptors (Lipinski definition) is 7. The van der Waals surface area contributed by atoms with E-state index in [2.05, 4.69) is 44.6 Å². The highest BCUT2D eigenvalue weighted by molar-refractivity contribution is 5.71. The molecule has 0 radical (unpaired) electrons. The zero-order valence-corrected chi connectivity index (χ0v) is 15.9. The van der Waals surface area contributed by atoms with Gasteiger partial charge in [0.1, 0.15) is 18.0 Å². The molecule has 2 aromatic rings. The Labute approximate surface area is 160 Å². The largest absolute Gasteiger partial charge is 0.468 e. The fourth-order valence-corrected chi connectivity index (χ4v) is 3.29. The summed E-state index contributed by atoms with van der Waals surface area (Å²) in [5, 5.41) is 6.83. The number of carbonyl (C=O) groups is 1. The Balaban J connectivity index is 1.57. The number of anilines is 3. The van der Waals surface area contributed by atoms with Gasteiger partial charge in [-0.05, 0) is 50.4 Å². The molecule has 2 N–H and O–H groups in total. The van der Waals surface area contributed by atoms with E-state index in [9.17, 15) is 4.79 Å². The van der Waals surface area contributed by atoms with Gasteiger partial charge in [0.15, 0.2) is 0 Å². The van der Waals surface area contributed by atoms with Gasteiger partial charge in [0.05, 0.1) is 13.7 Å². The van der Waals surface area contributed by atoms with E-state index in [0.29, 0.717) is 12.6 Å². The number of carbonyl (C=O) groups excluding carboxylic acids is 1. The minimum atomic E-state index is -0.177.